The number of anilines is 2. The zero-order chi connectivity index (χ0) is 16.4. The standard InChI is InChI=1S/C15H18F2N2O3/c1-2-12(20)18-10-5-3-6-11(9-10)19-13(21)15(16,17)14(22)7-4-8-14/h3,5-6,9,22H,2,4,7-8H2,1H3,(H,18,20)(H,19,21). The molecule has 0 unspecified atom stereocenters. The molecule has 0 heterocycles. The van der Waals surface area contributed by atoms with Crippen molar-refractivity contribution in [2.24, 2.45) is 0 Å². The zero-order valence-electron chi connectivity index (χ0n) is 12.2. The largest absolute Gasteiger partial charge is 0.383 e. The van der Waals surface area contributed by atoms with E-state index < -0.39 is 17.4 Å². The lowest BCUT2D eigenvalue weighted by atomic mass is 9.75. The molecule has 0 radical (unpaired) electrons. The van der Waals surface area contributed by atoms with Crippen molar-refractivity contribution >= 4 is 23.2 Å². The molecular weight excluding hydrogens is 294 g/mol. The van der Waals surface area contributed by atoms with Crippen molar-refractivity contribution in [2.75, 3.05) is 10.6 Å². The Morgan fingerprint density at radius 1 is 1.27 bits per heavy atom. The minimum absolute atomic E-state index is 0.0972. The Hall–Kier alpha value is -2.02. The summed E-state index contributed by atoms with van der Waals surface area (Å²) in [7, 11) is 0. The third kappa shape index (κ3) is 3.09. The molecule has 0 saturated heterocycles. The maximum Gasteiger partial charge on any atom is 0.352 e. The van der Waals surface area contributed by atoms with Gasteiger partial charge in [0.1, 0.15) is 5.60 Å². The second kappa shape index (κ2) is 6.00. The minimum atomic E-state index is -3.85. The molecule has 1 aliphatic carbocycles. The van der Waals surface area contributed by atoms with Gasteiger partial charge in [-0.15, -0.1) is 0 Å². The molecule has 1 aliphatic rings. The van der Waals surface area contributed by atoms with Gasteiger partial charge in [-0.1, -0.05) is 13.0 Å². The van der Waals surface area contributed by atoms with Crippen LogP contribution in [0.4, 0.5) is 20.2 Å². The molecule has 5 nitrogen and oxygen atoms in total. The molecule has 1 fully saturated rings. The fraction of sp³-hybridized carbons (Fsp3) is 0.467. The molecule has 0 aromatic heterocycles. The number of aliphatic hydroxyl groups is 1. The first-order chi connectivity index (χ1) is 10.3. The van der Waals surface area contributed by atoms with Crippen LogP contribution >= 0.6 is 0 Å². The average Bonchev–Trinajstić information content (AvgIpc) is 2.44. The van der Waals surface area contributed by atoms with E-state index in [0.717, 1.165) is 0 Å². The van der Waals surface area contributed by atoms with Gasteiger partial charge in [-0.3, -0.25) is 9.59 Å². The molecule has 3 N–H and O–H groups in total. The minimum Gasteiger partial charge on any atom is -0.383 e. The Morgan fingerprint density at radius 3 is 2.36 bits per heavy atom. The van der Waals surface area contributed by atoms with Gasteiger partial charge in [-0.25, -0.2) is 0 Å². The highest BCUT2D eigenvalue weighted by Crippen LogP contribution is 2.44. The van der Waals surface area contributed by atoms with Crippen LogP contribution in [0.15, 0.2) is 24.3 Å². The maximum atomic E-state index is 14.0. The van der Waals surface area contributed by atoms with Crippen LogP contribution in [0.25, 0.3) is 0 Å². The summed E-state index contributed by atoms with van der Waals surface area (Å²) in [5.74, 6) is -5.63. The van der Waals surface area contributed by atoms with E-state index >= 15 is 0 Å². The Balaban J connectivity index is 2.08. The van der Waals surface area contributed by atoms with Crippen molar-refractivity contribution < 1.29 is 23.5 Å². The van der Waals surface area contributed by atoms with Crippen molar-refractivity contribution in [3.05, 3.63) is 24.3 Å². The van der Waals surface area contributed by atoms with Gasteiger partial charge in [-0.05, 0) is 37.5 Å². The van der Waals surface area contributed by atoms with Crippen molar-refractivity contribution in [3.8, 4) is 0 Å². The molecule has 2 rings (SSSR count). The number of carbonyl (C=O) groups excluding carboxylic acids is 2. The molecule has 2 amide bonds. The summed E-state index contributed by atoms with van der Waals surface area (Å²) >= 11 is 0. The van der Waals surface area contributed by atoms with Crippen LogP contribution in [0.2, 0.25) is 0 Å². The Kier molecular flexibility index (Phi) is 4.46. The van der Waals surface area contributed by atoms with Crippen LogP contribution in [0.3, 0.4) is 0 Å². The van der Waals surface area contributed by atoms with Gasteiger partial charge >= 0.3 is 5.92 Å². The van der Waals surface area contributed by atoms with Crippen molar-refractivity contribution in [1.82, 2.24) is 0 Å². The van der Waals surface area contributed by atoms with E-state index in [2.05, 4.69) is 10.6 Å². The number of amides is 2. The van der Waals surface area contributed by atoms with E-state index in [1.165, 1.54) is 18.2 Å². The highest BCUT2D eigenvalue weighted by Gasteiger charge is 2.61. The number of rotatable bonds is 5. The second-order valence-corrected chi connectivity index (χ2v) is 5.40. The molecule has 0 bridgehead atoms. The summed E-state index contributed by atoms with van der Waals surface area (Å²) in [6.45, 7) is 1.68. The lowest BCUT2D eigenvalue weighted by Gasteiger charge is -2.41. The fourth-order valence-electron chi connectivity index (χ4n) is 2.17. The van der Waals surface area contributed by atoms with Gasteiger partial charge < -0.3 is 15.7 Å². The van der Waals surface area contributed by atoms with Crippen LogP contribution < -0.4 is 10.6 Å². The molecule has 1 aromatic rings. The predicted molar refractivity (Wildman–Crippen MR) is 77.7 cm³/mol. The summed E-state index contributed by atoms with van der Waals surface area (Å²) in [5.41, 5.74) is -1.73. The van der Waals surface area contributed by atoms with Gasteiger partial charge in [0, 0.05) is 17.8 Å². The molecule has 0 aliphatic heterocycles. The van der Waals surface area contributed by atoms with E-state index in [9.17, 15) is 23.5 Å². The van der Waals surface area contributed by atoms with Gasteiger partial charge in [-0.2, -0.15) is 8.78 Å². The summed E-state index contributed by atoms with van der Waals surface area (Å²) in [5, 5.41) is 14.4. The van der Waals surface area contributed by atoms with Gasteiger partial charge in [0.25, 0.3) is 5.91 Å². The normalized spacial score (nSPS) is 16.5. The molecule has 7 heteroatoms. The molecule has 0 spiro atoms. The monoisotopic (exact) mass is 312 g/mol. The first-order valence-electron chi connectivity index (χ1n) is 7.10. The number of halogens is 2. The highest BCUT2D eigenvalue weighted by atomic mass is 19.3. The van der Waals surface area contributed by atoms with Crippen molar-refractivity contribution in [2.45, 2.75) is 44.1 Å². The smallest absolute Gasteiger partial charge is 0.352 e. The molecular formula is C15H18F2N2O3. The van der Waals surface area contributed by atoms with E-state index in [1.807, 2.05) is 0 Å². The highest BCUT2D eigenvalue weighted by molar-refractivity contribution is 5.98. The number of benzene rings is 1. The lowest BCUT2D eigenvalue weighted by Crippen LogP contribution is -2.59. The van der Waals surface area contributed by atoms with Gasteiger partial charge in [0.15, 0.2) is 0 Å². The molecule has 120 valence electrons. The third-order valence-corrected chi connectivity index (χ3v) is 3.78. The van der Waals surface area contributed by atoms with Crippen LogP contribution in [-0.2, 0) is 9.59 Å². The summed E-state index contributed by atoms with van der Waals surface area (Å²) < 4.78 is 27.9. The topological polar surface area (TPSA) is 78.4 Å². The number of nitrogens with one attached hydrogen (secondary N) is 2. The summed E-state index contributed by atoms with van der Waals surface area (Å²) in [6.07, 6.45) is 0.555. The third-order valence-electron chi connectivity index (χ3n) is 3.78. The first-order valence-corrected chi connectivity index (χ1v) is 7.10. The van der Waals surface area contributed by atoms with E-state index in [0.29, 0.717) is 12.1 Å². The average molecular weight is 312 g/mol. The molecule has 1 saturated carbocycles. The van der Waals surface area contributed by atoms with E-state index in [1.54, 1.807) is 13.0 Å². The predicted octanol–water partition coefficient (Wildman–Crippen LogP) is 2.52. The van der Waals surface area contributed by atoms with E-state index in [-0.39, 0.29) is 30.9 Å². The van der Waals surface area contributed by atoms with Crippen molar-refractivity contribution in [1.29, 1.82) is 0 Å². The number of hydrogen-bond donors (Lipinski definition) is 3. The van der Waals surface area contributed by atoms with Crippen LogP contribution in [-0.4, -0.2) is 28.4 Å². The number of carbonyl (C=O) groups is 2. The zero-order valence-corrected chi connectivity index (χ0v) is 12.2. The summed E-state index contributed by atoms with van der Waals surface area (Å²) in [4.78, 5) is 23.1. The van der Waals surface area contributed by atoms with Gasteiger partial charge in [0.2, 0.25) is 5.91 Å². The first kappa shape index (κ1) is 16.4. The Morgan fingerprint density at radius 2 is 1.86 bits per heavy atom. The quantitative estimate of drug-likeness (QED) is 0.782. The Labute approximate surface area is 126 Å². The van der Waals surface area contributed by atoms with Crippen LogP contribution in [0, 0.1) is 0 Å². The summed E-state index contributed by atoms with van der Waals surface area (Å²) in [6, 6.07) is 5.92. The van der Waals surface area contributed by atoms with Crippen molar-refractivity contribution in [3.63, 3.8) is 0 Å². The number of hydrogen-bond acceptors (Lipinski definition) is 3. The molecule has 22 heavy (non-hydrogen) atoms. The van der Waals surface area contributed by atoms with Crippen LogP contribution in [0.1, 0.15) is 32.6 Å². The SMILES string of the molecule is CCC(=O)Nc1cccc(NC(=O)C(F)(F)C2(O)CCC2)c1. The second-order valence-electron chi connectivity index (χ2n) is 5.40. The molecule has 1 aromatic carbocycles. The maximum absolute atomic E-state index is 14.0. The fourth-order valence-corrected chi connectivity index (χ4v) is 2.17. The van der Waals surface area contributed by atoms with Gasteiger partial charge in [0.05, 0.1) is 0 Å². The lowest BCUT2D eigenvalue weighted by molar-refractivity contribution is -0.212. The number of alkyl halides is 2. The Bertz CT molecular complexity index is 586. The van der Waals surface area contributed by atoms with Crippen LogP contribution in [0.5, 0.6) is 0 Å². The molecule has 0 atom stereocenters. The van der Waals surface area contributed by atoms with E-state index in [4.69, 9.17) is 0 Å².